The lowest BCUT2D eigenvalue weighted by Crippen LogP contribution is -2.57. The van der Waals surface area contributed by atoms with Crippen LogP contribution in [0.15, 0.2) is 72.8 Å². The third kappa shape index (κ3) is 9.46. The zero-order chi connectivity index (χ0) is 40.4. The van der Waals surface area contributed by atoms with Crippen LogP contribution < -0.4 is 36.5 Å². The van der Waals surface area contributed by atoms with Gasteiger partial charge in [-0.1, -0.05) is 60.7 Å². The van der Waals surface area contributed by atoms with E-state index in [9.17, 15) is 24.0 Å². The second-order valence-corrected chi connectivity index (χ2v) is 13.9. The highest BCUT2D eigenvalue weighted by Gasteiger charge is 2.31. The van der Waals surface area contributed by atoms with Gasteiger partial charge in [0.2, 0.25) is 23.6 Å². The van der Waals surface area contributed by atoms with E-state index in [1.54, 1.807) is 20.3 Å². The van der Waals surface area contributed by atoms with E-state index in [0.717, 1.165) is 38.2 Å². The number of nitrogens with one attached hydrogen (secondary N) is 4. The fraction of sp³-hybridized carbons (Fsp3) is 0.372. The van der Waals surface area contributed by atoms with Crippen LogP contribution in [0.2, 0.25) is 0 Å². The minimum atomic E-state index is -1.11. The van der Waals surface area contributed by atoms with Crippen molar-refractivity contribution in [3.8, 4) is 22.6 Å². The summed E-state index contributed by atoms with van der Waals surface area (Å²) in [6.45, 7) is 3.19. The van der Waals surface area contributed by atoms with Gasteiger partial charge in [-0.15, -0.1) is 0 Å². The first-order chi connectivity index (χ1) is 27.0. The highest BCUT2D eigenvalue weighted by molar-refractivity contribution is 6.11. The number of fused-ring (bicyclic) bond motifs is 9. The summed E-state index contributed by atoms with van der Waals surface area (Å²) in [5.74, 6) is -1.83. The number of rotatable bonds is 8. The van der Waals surface area contributed by atoms with Crippen molar-refractivity contribution >= 4 is 51.1 Å². The van der Waals surface area contributed by atoms with Crippen molar-refractivity contribution in [2.24, 2.45) is 5.73 Å². The number of nitrogens with two attached hydrogens (primary N) is 1. The molecule has 13 heteroatoms. The molecule has 296 valence electrons. The zero-order valence-electron chi connectivity index (χ0n) is 32.5. The summed E-state index contributed by atoms with van der Waals surface area (Å²) in [7, 11) is 4.42. The Morgan fingerprint density at radius 3 is 1.98 bits per heavy atom. The molecule has 0 saturated heterocycles. The molecule has 4 aromatic carbocycles. The molecule has 1 aliphatic rings. The van der Waals surface area contributed by atoms with E-state index in [1.165, 1.54) is 21.0 Å². The van der Waals surface area contributed by atoms with E-state index in [1.807, 2.05) is 60.7 Å². The van der Waals surface area contributed by atoms with E-state index in [4.69, 9.17) is 19.9 Å². The predicted molar refractivity (Wildman–Crippen MR) is 215 cm³/mol. The summed E-state index contributed by atoms with van der Waals surface area (Å²) in [5, 5.41) is 14.6. The molecule has 1 unspecified atom stereocenters. The molecule has 0 radical (unpaired) electrons. The first-order valence-electron chi connectivity index (χ1n) is 18.8. The monoisotopic (exact) mass is 765 g/mol. The van der Waals surface area contributed by atoms with Gasteiger partial charge < -0.3 is 41.2 Å². The standard InChI is InChI=1S/C43H51N5O8/c1-25-40(50)47-33(19-12-13-21-44)41(51)48-34(43(53)56-5)20-11-8-16-29-22-27-14-6-9-17-31(27)36(38(29)54-3)37-32-18-10-7-15-28(32)23-30(39(37)55-4)24-35(42(52)45-25)46-26(2)49/h6-11,14-15,17-18,22-23,25,33-35H,12-13,16,19-21,24,44H2,1-5H3,(H,45,52)(H,46,49)(H,47,50)(H,48,51)/b11-8+/t25-,33-,34-,35?/m0/s1. The third-order valence-electron chi connectivity index (χ3n) is 9.94. The van der Waals surface area contributed by atoms with Gasteiger partial charge in [-0.25, -0.2) is 4.79 Å². The van der Waals surface area contributed by atoms with Crippen LogP contribution in [-0.4, -0.2) is 81.6 Å². The van der Waals surface area contributed by atoms with E-state index in [0.29, 0.717) is 42.9 Å². The molecule has 4 atom stereocenters. The molecule has 0 fully saturated rings. The van der Waals surface area contributed by atoms with Gasteiger partial charge in [-0.2, -0.15) is 0 Å². The first-order valence-corrected chi connectivity index (χ1v) is 18.8. The van der Waals surface area contributed by atoms with Crippen LogP contribution in [0.25, 0.3) is 32.7 Å². The van der Waals surface area contributed by atoms with Crippen molar-refractivity contribution in [2.75, 3.05) is 27.9 Å². The van der Waals surface area contributed by atoms with Crippen molar-refractivity contribution in [3.63, 3.8) is 0 Å². The molecule has 6 N–H and O–H groups in total. The average Bonchev–Trinajstić information content (AvgIpc) is 3.19. The molecule has 1 aliphatic heterocycles. The summed E-state index contributed by atoms with van der Waals surface area (Å²) >= 11 is 0. The molecule has 5 rings (SSSR count). The number of allylic oxidation sites excluding steroid dienone is 1. The molecule has 0 aliphatic carbocycles. The Bertz CT molecular complexity index is 2130. The number of hydrogen-bond acceptors (Lipinski definition) is 9. The average molecular weight is 766 g/mol. The van der Waals surface area contributed by atoms with Gasteiger partial charge in [-0.3, -0.25) is 19.2 Å². The highest BCUT2D eigenvalue weighted by Crippen LogP contribution is 2.48. The van der Waals surface area contributed by atoms with Crippen LogP contribution in [0.1, 0.15) is 50.7 Å². The zero-order valence-corrected chi connectivity index (χ0v) is 32.5. The van der Waals surface area contributed by atoms with Crippen LogP contribution in [-0.2, 0) is 41.6 Å². The van der Waals surface area contributed by atoms with Crippen molar-refractivity contribution in [3.05, 3.63) is 83.9 Å². The summed E-state index contributed by atoms with van der Waals surface area (Å²) in [4.78, 5) is 66.7. The van der Waals surface area contributed by atoms with Crippen molar-refractivity contribution in [1.29, 1.82) is 0 Å². The molecule has 4 bridgehead atoms. The maximum atomic E-state index is 14.0. The lowest BCUT2D eigenvalue weighted by molar-refractivity contribution is -0.145. The van der Waals surface area contributed by atoms with E-state index >= 15 is 0 Å². The van der Waals surface area contributed by atoms with Gasteiger partial charge in [0.1, 0.15) is 35.7 Å². The highest BCUT2D eigenvalue weighted by atomic mass is 16.5. The lowest BCUT2D eigenvalue weighted by Gasteiger charge is -2.25. The van der Waals surface area contributed by atoms with E-state index in [-0.39, 0.29) is 19.3 Å². The first kappa shape index (κ1) is 41.2. The Kier molecular flexibility index (Phi) is 14.0. The van der Waals surface area contributed by atoms with Crippen LogP contribution in [0.4, 0.5) is 0 Å². The Hall–Kier alpha value is -5.95. The number of amides is 4. The maximum absolute atomic E-state index is 14.0. The molecule has 13 nitrogen and oxygen atoms in total. The van der Waals surface area contributed by atoms with Gasteiger partial charge in [0.05, 0.1) is 21.3 Å². The second-order valence-electron chi connectivity index (χ2n) is 13.9. The molecular weight excluding hydrogens is 714 g/mol. The third-order valence-corrected chi connectivity index (χ3v) is 9.94. The number of benzene rings is 4. The maximum Gasteiger partial charge on any atom is 0.328 e. The van der Waals surface area contributed by atoms with Crippen LogP contribution in [0, 0.1) is 0 Å². The van der Waals surface area contributed by atoms with Gasteiger partial charge in [0, 0.05) is 24.5 Å². The molecule has 4 aromatic rings. The smallest absolute Gasteiger partial charge is 0.328 e. The van der Waals surface area contributed by atoms with Crippen LogP contribution >= 0.6 is 0 Å². The van der Waals surface area contributed by atoms with Gasteiger partial charge >= 0.3 is 5.97 Å². The normalized spacial score (nSPS) is 20.1. The quantitative estimate of drug-likeness (QED) is 0.100. The molecule has 0 spiro atoms. The number of unbranched alkanes of at least 4 members (excludes halogenated alkanes) is 1. The number of carbonyl (C=O) groups is 5. The topological polar surface area (TPSA) is 187 Å². The summed E-state index contributed by atoms with van der Waals surface area (Å²) < 4.78 is 17.5. The van der Waals surface area contributed by atoms with Gasteiger partial charge in [-0.05, 0) is 90.4 Å². The molecule has 4 amide bonds. The van der Waals surface area contributed by atoms with Crippen molar-refractivity contribution in [1.82, 2.24) is 21.3 Å². The fourth-order valence-electron chi connectivity index (χ4n) is 7.22. The molecular formula is C43H51N5O8. The Balaban J connectivity index is 1.73. The number of ether oxygens (including phenoxy) is 3. The molecule has 56 heavy (non-hydrogen) atoms. The Morgan fingerprint density at radius 1 is 0.786 bits per heavy atom. The molecule has 0 saturated carbocycles. The predicted octanol–water partition coefficient (Wildman–Crippen LogP) is 4.00. The number of carbonyl (C=O) groups excluding carboxylic acids is 5. The number of esters is 1. The number of methoxy groups -OCH3 is 3. The minimum Gasteiger partial charge on any atom is -0.496 e. The Labute approximate surface area is 326 Å². The van der Waals surface area contributed by atoms with Crippen molar-refractivity contribution in [2.45, 2.75) is 76.5 Å². The molecule has 1 heterocycles. The molecule has 0 aromatic heterocycles. The van der Waals surface area contributed by atoms with Crippen LogP contribution in [0.5, 0.6) is 11.5 Å². The van der Waals surface area contributed by atoms with E-state index < -0.39 is 53.8 Å². The van der Waals surface area contributed by atoms with E-state index in [2.05, 4.69) is 27.3 Å². The van der Waals surface area contributed by atoms with Crippen molar-refractivity contribution < 1.29 is 38.2 Å². The van der Waals surface area contributed by atoms with Gasteiger partial charge in [0.25, 0.3) is 0 Å². The minimum absolute atomic E-state index is 0.0163. The fourth-order valence-corrected chi connectivity index (χ4v) is 7.22. The second kappa shape index (κ2) is 19.1. The summed E-state index contributed by atoms with van der Waals surface area (Å²) in [6, 6.07) is 15.5. The largest absolute Gasteiger partial charge is 0.496 e. The summed E-state index contributed by atoms with van der Waals surface area (Å²) in [6.07, 6.45) is 5.61. The van der Waals surface area contributed by atoms with Crippen LogP contribution in [0.3, 0.4) is 0 Å². The SMILES string of the molecule is COC(=O)[C@@H]1C/C=C/Cc2cc3ccccc3c(c2OC)-c2c(OC)c(cc3ccccc23)CC(NC(C)=O)C(=O)N[C@@H](C)C(=O)N[C@@H](CCCCN)C(=O)N1. The number of hydrogen-bond donors (Lipinski definition) is 5. The lowest BCUT2D eigenvalue weighted by atomic mass is 9.87. The Morgan fingerprint density at radius 2 is 1.39 bits per heavy atom. The van der Waals surface area contributed by atoms with Gasteiger partial charge in [0.15, 0.2) is 0 Å². The summed E-state index contributed by atoms with van der Waals surface area (Å²) in [5.41, 5.74) is 8.72.